The number of aliphatic carboxylic acids is 1. The van der Waals surface area contributed by atoms with Crippen LogP contribution in [0.15, 0.2) is 71.6 Å². The molecule has 34 heavy (non-hydrogen) atoms. The molecule has 1 unspecified atom stereocenters. The normalized spacial score (nSPS) is 13.1. The van der Waals surface area contributed by atoms with E-state index in [1.807, 2.05) is 13.8 Å². The molecule has 0 saturated heterocycles. The van der Waals surface area contributed by atoms with Crippen molar-refractivity contribution >= 4 is 15.8 Å². The second kappa shape index (κ2) is 9.62. The lowest BCUT2D eigenvalue weighted by molar-refractivity contribution is -0.139. The van der Waals surface area contributed by atoms with E-state index in [0.29, 0.717) is 34.2 Å². The summed E-state index contributed by atoms with van der Waals surface area (Å²) >= 11 is 0. The first-order chi connectivity index (χ1) is 15.8. The van der Waals surface area contributed by atoms with Crippen LogP contribution in [0.1, 0.15) is 37.3 Å². The molecule has 0 aliphatic carbocycles. The van der Waals surface area contributed by atoms with Gasteiger partial charge in [0.1, 0.15) is 0 Å². The Balaban J connectivity index is 2.18. The van der Waals surface area contributed by atoms with Crippen LogP contribution < -0.4 is 0 Å². The first-order valence-electron chi connectivity index (χ1n) is 10.6. The summed E-state index contributed by atoms with van der Waals surface area (Å²) in [5.74, 6) is -1.62. The van der Waals surface area contributed by atoms with Crippen molar-refractivity contribution in [2.45, 2.75) is 37.3 Å². The number of carboxylic acids is 1. The van der Waals surface area contributed by atoms with E-state index >= 15 is 0 Å². The van der Waals surface area contributed by atoms with E-state index < -0.39 is 33.5 Å². The fraction of sp³-hybridized carbons (Fsp3) is 0.269. The lowest BCUT2D eigenvalue weighted by Crippen LogP contribution is -2.14. The quantitative estimate of drug-likeness (QED) is 0.402. The van der Waals surface area contributed by atoms with Gasteiger partial charge in [-0.3, -0.25) is 4.79 Å². The fourth-order valence-corrected chi connectivity index (χ4v) is 4.47. The highest BCUT2D eigenvalue weighted by molar-refractivity contribution is 7.90. The van der Waals surface area contributed by atoms with Crippen LogP contribution in [0.5, 0.6) is 0 Å². The monoisotopic (exact) mass is 490 g/mol. The lowest BCUT2D eigenvalue weighted by atomic mass is 9.85. The minimum absolute atomic E-state index is 0.124. The Bertz CT molecular complexity index is 1280. The van der Waals surface area contributed by atoms with Crippen LogP contribution in [0.25, 0.3) is 22.3 Å². The Hall–Kier alpha value is -3.13. The predicted molar refractivity (Wildman–Crippen MR) is 125 cm³/mol. The number of hydrogen-bond donors (Lipinski definition) is 1. The number of carboxylic acid groups (broad SMARTS) is 1. The summed E-state index contributed by atoms with van der Waals surface area (Å²) in [6.07, 6.45) is -2.97. The van der Waals surface area contributed by atoms with Gasteiger partial charge in [-0.25, -0.2) is 8.42 Å². The van der Waals surface area contributed by atoms with Crippen LogP contribution in [0.4, 0.5) is 13.2 Å². The zero-order chi connectivity index (χ0) is 25.3. The highest BCUT2D eigenvalue weighted by Crippen LogP contribution is 2.38. The average Bonchev–Trinajstić information content (AvgIpc) is 2.76. The van der Waals surface area contributed by atoms with E-state index in [0.717, 1.165) is 18.4 Å². The lowest BCUT2D eigenvalue weighted by Gasteiger charge is -2.19. The molecule has 3 aromatic rings. The van der Waals surface area contributed by atoms with Gasteiger partial charge < -0.3 is 5.11 Å². The second-order valence-corrected chi connectivity index (χ2v) is 10.7. The summed E-state index contributed by atoms with van der Waals surface area (Å²) in [7, 11) is -3.39. The topological polar surface area (TPSA) is 71.4 Å². The maximum absolute atomic E-state index is 13.1. The Labute approximate surface area is 197 Å². The zero-order valence-electron chi connectivity index (χ0n) is 18.9. The van der Waals surface area contributed by atoms with E-state index in [1.54, 1.807) is 30.3 Å². The molecule has 0 heterocycles. The molecule has 8 heteroatoms. The van der Waals surface area contributed by atoms with Crippen molar-refractivity contribution in [2.75, 3.05) is 6.26 Å². The third-order valence-electron chi connectivity index (χ3n) is 5.57. The van der Waals surface area contributed by atoms with Crippen molar-refractivity contribution in [1.82, 2.24) is 0 Å². The van der Waals surface area contributed by atoms with Crippen molar-refractivity contribution in [3.8, 4) is 22.3 Å². The summed E-state index contributed by atoms with van der Waals surface area (Å²) in [4.78, 5) is 12.1. The van der Waals surface area contributed by atoms with Crippen molar-refractivity contribution in [2.24, 2.45) is 5.92 Å². The van der Waals surface area contributed by atoms with Crippen molar-refractivity contribution in [1.29, 1.82) is 0 Å². The van der Waals surface area contributed by atoms with E-state index in [4.69, 9.17) is 0 Å². The highest BCUT2D eigenvalue weighted by atomic mass is 32.2. The summed E-state index contributed by atoms with van der Waals surface area (Å²) < 4.78 is 62.8. The highest BCUT2D eigenvalue weighted by Gasteiger charge is 2.30. The molecule has 180 valence electrons. The van der Waals surface area contributed by atoms with Gasteiger partial charge in [-0.1, -0.05) is 50.2 Å². The molecule has 0 radical (unpaired) electrons. The molecular weight excluding hydrogens is 465 g/mol. The molecule has 0 aliphatic rings. The van der Waals surface area contributed by atoms with Crippen LogP contribution in [0, 0.1) is 5.92 Å². The van der Waals surface area contributed by atoms with Gasteiger partial charge in [0, 0.05) is 6.26 Å². The third-order valence-corrected chi connectivity index (χ3v) is 6.70. The number of halogens is 3. The summed E-state index contributed by atoms with van der Waals surface area (Å²) in [5.41, 5.74) is 2.13. The largest absolute Gasteiger partial charge is 0.481 e. The molecule has 1 N–H and O–H groups in total. The standard InChI is InChI=1S/C26H25F3O4S/c1-16(2)14-24(25(30)31)19-8-13-22(17-6-11-21(12-7-17)34(3,32)33)23(15-19)18-4-9-20(10-5-18)26(27,28)29/h4-13,15-16,24H,14H2,1-3H3,(H,30,31). The minimum Gasteiger partial charge on any atom is -0.481 e. The van der Waals surface area contributed by atoms with Crippen molar-refractivity contribution in [3.63, 3.8) is 0 Å². The molecule has 0 aromatic heterocycles. The first kappa shape index (κ1) is 25.5. The van der Waals surface area contributed by atoms with Gasteiger partial charge in [0.25, 0.3) is 0 Å². The molecule has 0 aliphatic heterocycles. The number of carbonyl (C=O) groups is 1. The zero-order valence-corrected chi connectivity index (χ0v) is 19.7. The molecule has 3 aromatic carbocycles. The maximum atomic E-state index is 13.1. The van der Waals surface area contributed by atoms with E-state index in [9.17, 15) is 31.5 Å². The molecular formula is C26H25F3O4S. The third kappa shape index (κ3) is 5.86. The summed E-state index contributed by atoms with van der Waals surface area (Å²) in [6.45, 7) is 3.84. The molecule has 1 atom stereocenters. The summed E-state index contributed by atoms with van der Waals surface area (Å²) in [6, 6.07) is 16.0. The molecule has 4 nitrogen and oxygen atoms in total. The summed E-state index contributed by atoms with van der Waals surface area (Å²) in [5, 5.41) is 9.77. The van der Waals surface area contributed by atoms with Crippen LogP contribution in [-0.2, 0) is 20.8 Å². The van der Waals surface area contributed by atoms with Crippen LogP contribution in [0.3, 0.4) is 0 Å². The number of alkyl halides is 3. The van der Waals surface area contributed by atoms with Crippen LogP contribution >= 0.6 is 0 Å². The minimum atomic E-state index is -4.48. The fourth-order valence-electron chi connectivity index (χ4n) is 3.84. The Morgan fingerprint density at radius 1 is 0.882 bits per heavy atom. The van der Waals surface area contributed by atoms with Gasteiger partial charge in [-0.15, -0.1) is 0 Å². The molecule has 0 bridgehead atoms. The number of benzene rings is 3. The number of sulfone groups is 1. The van der Waals surface area contributed by atoms with E-state index in [2.05, 4.69) is 0 Å². The smallest absolute Gasteiger partial charge is 0.416 e. The Morgan fingerprint density at radius 2 is 1.41 bits per heavy atom. The van der Waals surface area contributed by atoms with Crippen molar-refractivity contribution in [3.05, 3.63) is 77.9 Å². The SMILES string of the molecule is CC(C)CC(C(=O)O)c1ccc(-c2ccc(S(C)(=O)=O)cc2)c(-c2ccc(C(F)(F)F)cc2)c1. The second-order valence-electron chi connectivity index (χ2n) is 8.70. The molecule has 0 spiro atoms. The van der Waals surface area contributed by atoms with Gasteiger partial charge in [-0.05, 0) is 70.5 Å². The molecule has 0 saturated carbocycles. The van der Waals surface area contributed by atoms with Gasteiger partial charge in [0.15, 0.2) is 9.84 Å². The van der Waals surface area contributed by atoms with Crippen LogP contribution in [0.2, 0.25) is 0 Å². The predicted octanol–water partition coefficient (Wildman–Crippen LogP) is 6.66. The number of rotatable bonds is 7. The molecule has 3 rings (SSSR count). The van der Waals surface area contributed by atoms with E-state index in [-0.39, 0.29) is 10.8 Å². The molecule has 0 amide bonds. The van der Waals surface area contributed by atoms with Gasteiger partial charge in [0.05, 0.1) is 16.4 Å². The molecule has 0 fully saturated rings. The first-order valence-corrected chi connectivity index (χ1v) is 12.5. The van der Waals surface area contributed by atoms with E-state index in [1.165, 1.54) is 24.3 Å². The maximum Gasteiger partial charge on any atom is 0.416 e. The Morgan fingerprint density at radius 3 is 1.88 bits per heavy atom. The van der Waals surface area contributed by atoms with Gasteiger partial charge in [0.2, 0.25) is 0 Å². The van der Waals surface area contributed by atoms with Gasteiger partial charge in [-0.2, -0.15) is 13.2 Å². The van der Waals surface area contributed by atoms with Gasteiger partial charge >= 0.3 is 12.1 Å². The Kier molecular flexibility index (Phi) is 7.21. The average molecular weight is 491 g/mol. The van der Waals surface area contributed by atoms with Crippen LogP contribution in [-0.4, -0.2) is 25.7 Å². The number of hydrogen-bond acceptors (Lipinski definition) is 3. The van der Waals surface area contributed by atoms with Crippen molar-refractivity contribution < 1.29 is 31.5 Å².